The standard InChI is InChI=1S/C12H15F3O/c1-12(2,3)7-8-9(13)5-4-6-10(8)16-11(14)15/h4-6,11H,7H2,1-3H3. The third-order valence-corrected chi connectivity index (χ3v) is 2.00. The summed E-state index contributed by atoms with van der Waals surface area (Å²) in [6.45, 7) is 2.79. The van der Waals surface area contributed by atoms with E-state index in [1.54, 1.807) is 0 Å². The summed E-state index contributed by atoms with van der Waals surface area (Å²) in [5.41, 5.74) is 0.0119. The van der Waals surface area contributed by atoms with Crippen LogP contribution in [-0.2, 0) is 6.42 Å². The Morgan fingerprint density at radius 3 is 2.38 bits per heavy atom. The molecule has 0 fully saturated rings. The van der Waals surface area contributed by atoms with Crippen LogP contribution in [0.4, 0.5) is 13.2 Å². The Kier molecular flexibility index (Phi) is 3.83. The second kappa shape index (κ2) is 4.76. The van der Waals surface area contributed by atoms with Crippen molar-refractivity contribution in [1.82, 2.24) is 0 Å². The van der Waals surface area contributed by atoms with Gasteiger partial charge >= 0.3 is 6.61 Å². The smallest absolute Gasteiger partial charge is 0.387 e. The Morgan fingerprint density at radius 1 is 1.25 bits per heavy atom. The Hall–Kier alpha value is -1.19. The molecule has 0 aromatic heterocycles. The van der Waals surface area contributed by atoms with Crippen LogP contribution < -0.4 is 4.74 Å². The molecular formula is C12H15F3O. The molecule has 4 heteroatoms. The van der Waals surface area contributed by atoms with Gasteiger partial charge in [0.2, 0.25) is 0 Å². The molecule has 0 spiro atoms. The van der Waals surface area contributed by atoms with Gasteiger partial charge in [0, 0.05) is 5.56 Å². The highest BCUT2D eigenvalue weighted by atomic mass is 19.3. The summed E-state index contributed by atoms with van der Waals surface area (Å²) < 4.78 is 42.0. The van der Waals surface area contributed by atoms with Crippen molar-refractivity contribution in [3.63, 3.8) is 0 Å². The maximum absolute atomic E-state index is 13.5. The summed E-state index contributed by atoms with van der Waals surface area (Å²) in [4.78, 5) is 0. The SMILES string of the molecule is CC(C)(C)Cc1c(F)cccc1OC(F)F. The minimum atomic E-state index is -2.93. The molecule has 1 nitrogen and oxygen atoms in total. The van der Waals surface area contributed by atoms with E-state index in [1.165, 1.54) is 18.2 Å². The van der Waals surface area contributed by atoms with E-state index >= 15 is 0 Å². The van der Waals surface area contributed by atoms with Crippen LogP contribution in [0.15, 0.2) is 18.2 Å². The molecule has 1 aromatic carbocycles. The lowest BCUT2D eigenvalue weighted by Gasteiger charge is -2.20. The first-order valence-electron chi connectivity index (χ1n) is 5.02. The lowest BCUT2D eigenvalue weighted by atomic mass is 9.87. The zero-order valence-corrected chi connectivity index (χ0v) is 9.56. The minimum Gasteiger partial charge on any atom is -0.434 e. The average Bonchev–Trinajstić information content (AvgIpc) is 2.08. The highest BCUT2D eigenvalue weighted by molar-refractivity contribution is 5.35. The van der Waals surface area contributed by atoms with Crippen LogP contribution in [0, 0.1) is 11.2 Å². The first kappa shape index (κ1) is 12.9. The molecule has 0 bridgehead atoms. The number of hydrogen-bond donors (Lipinski definition) is 0. The predicted octanol–water partition coefficient (Wildman–Crippen LogP) is 4.02. The fraction of sp³-hybridized carbons (Fsp3) is 0.500. The maximum Gasteiger partial charge on any atom is 0.387 e. The molecule has 1 rings (SSSR count). The van der Waals surface area contributed by atoms with Gasteiger partial charge in [-0.05, 0) is 24.0 Å². The van der Waals surface area contributed by atoms with Gasteiger partial charge in [-0.15, -0.1) is 0 Å². The number of rotatable bonds is 3. The van der Waals surface area contributed by atoms with Gasteiger partial charge in [-0.2, -0.15) is 8.78 Å². The van der Waals surface area contributed by atoms with Crippen LogP contribution in [0.3, 0.4) is 0 Å². The fourth-order valence-electron chi connectivity index (χ4n) is 1.45. The molecule has 0 N–H and O–H groups in total. The molecule has 0 aliphatic rings. The van der Waals surface area contributed by atoms with Crippen molar-refractivity contribution in [3.8, 4) is 5.75 Å². The van der Waals surface area contributed by atoms with Crippen LogP contribution in [0.5, 0.6) is 5.75 Å². The van der Waals surface area contributed by atoms with E-state index in [0.29, 0.717) is 6.42 Å². The molecule has 0 heterocycles. The summed E-state index contributed by atoms with van der Waals surface area (Å²) >= 11 is 0. The molecule has 0 aliphatic carbocycles. The van der Waals surface area contributed by atoms with Gasteiger partial charge in [0.15, 0.2) is 0 Å². The fourth-order valence-corrected chi connectivity index (χ4v) is 1.45. The molecule has 0 saturated carbocycles. The number of ether oxygens (including phenoxy) is 1. The molecular weight excluding hydrogens is 217 g/mol. The van der Waals surface area contributed by atoms with E-state index in [0.717, 1.165) is 0 Å². The van der Waals surface area contributed by atoms with Crippen molar-refractivity contribution in [3.05, 3.63) is 29.6 Å². The topological polar surface area (TPSA) is 9.23 Å². The van der Waals surface area contributed by atoms with Crippen molar-refractivity contribution < 1.29 is 17.9 Å². The van der Waals surface area contributed by atoms with E-state index < -0.39 is 12.4 Å². The zero-order valence-electron chi connectivity index (χ0n) is 9.56. The first-order chi connectivity index (χ1) is 7.29. The molecule has 0 atom stereocenters. The molecule has 16 heavy (non-hydrogen) atoms. The zero-order chi connectivity index (χ0) is 12.3. The van der Waals surface area contributed by atoms with Gasteiger partial charge < -0.3 is 4.74 Å². The lowest BCUT2D eigenvalue weighted by molar-refractivity contribution is -0.0508. The van der Waals surface area contributed by atoms with Crippen molar-refractivity contribution >= 4 is 0 Å². The second-order valence-corrected chi connectivity index (χ2v) is 4.83. The van der Waals surface area contributed by atoms with Crippen molar-refractivity contribution in [1.29, 1.82) is 0 Å². The minimum absolute atomic E-state index is 0.0788. The van der Waals surface area contributed by atoms with Crippen LogP contribution in [0.2, 0.25) is 0 Å². The Balaban J connectivity index is 3.03. The van der Waals surface area contributed by atoms with Crippen LogP contribution in [-0.4, -0.2) is 6.61 Å². The van der Waals surface area contributed by atoms with E-state index in [4.69, 9.17) is 0 Å². The van der Waals surface area contributed by atoms with Gasteiger partial charge in [-0.1, -0.05) is 26.8 Å². The average molecular weight is 232 g/mol. The Labute approximate surface area is 93.2 Å². The summed E-state index contributed by atoms with van der Waals surface area (Å²) in [7, 11) is 0. The highest BCUT2D eigenvalue weighted by Crippen LogP contribution is 2.30. The third kappa shape index (κ3) is 3.76. The van der Waals surface area contributed by atoms with Gasteiger partial charge in [0.1, 0.15) is 11.6 Å². The largest absolute Gasteiger partial charge is 0.434 e. The van der Waals surface area contributed by atoms with E-state index in [2.05, 4.69) is 4.74 Å². The van der Waals surface area contributed by atoms with Crippen LogP contribution in [0.25, 0.3) is 0 Å². The van der Waals surface area contributed by atoms with Gasteiger partial charge in [0.05, 0.1) is 0 Å². The van der Waals surface area contributed by atoms with E-state index in [1.807, 2.05) is 20.8 Å². The number of hydrogen-bond acceptors (Lipinski definition) is 1. The molecule has 0 aliphatic heterocycles. The third-order valence-electron chi connectivity index (χ3n) is 2.00. The normalized spacial score (nSPS) is 11.9. The van der Waals surface area contributed by atoms with Gasteiger partial charge in [-0.3, -0.25) is 0 Å². The lowest BCUT2D eigenvalue weighted by Crippen LogP contribution is -2.13. The van der Waals surface area contributed by atoms with E-state index in [9.17, 15) is 13.2 Å². The highest BCUT2D eigenvalue weighted by Gasteiger charge is 2.19. The summed E-state index contributed by atoms with van der Waals surface area (Å²) in [5.74, 6) is -0.585. The van der Waals surface area contributed by atoms with Crippen LogP contribution >= 0.6 is 0 Å². The van der Waals surface area contributed by atoms with Crippen molar-refractivity contribution in [2.45, 2.75) is 33.8 Å². The first-order valence-corrected chi connectivity index (χ1v) is 5.02. The number of alkyl halides is 2. The predicted molar refractivity (Wildman–Crippen MR) is 56.2 cm³/mol. The van der Waals surface area contributed by atoms with Crippen molar-refractivity contribution in [2.75, 3.05) is 0 Å². The second-order valence-electron chi connectivity index (χ2n) is 4.83. The molecule has 1 aromatic rings. The molecule has 0 amide bonds. The molecule has 0 unspecified atom stereocenters. The number of benzene rings is 1. The number of halogens is 3. The van der Waals surface area contributed by atoms with Gasteiger partial charge in [0.25, 0.3) is 0 Å². The van der Waals surface area contributed by atoms with E-state index in [-0.39, 0.29) is 16.7 Å². The molecule has 90 valence electrons. The van der Waals surface area contributed by atoms with Gasteiger partial charge in [-0.25, -0.2) is 4.39 Å². The van der Waals surface area contributed by atoms with Crippen molar-refractivity contribution in [2.24, 2.45) is 5.41 Å². The monoisotopic (exact) mass is 232 g/mol. The summed E-state index contributed by atoms with van der Waals surface area (Å²) in [6, 6.07) is 3.97. The summed E-state index contributed by atoms with van der Waals surface area (Å²) in [6.07, 6.45) is 0.349. The molecule has 0 saturated heterocycles. The Bertz CT molecular complexity index is 356. The van der Waals surface area contributed by atoms with Crippen LogP contribution in [0.1, 0.15) is 26.3 Å². The molecule has 0 radical (unpaired) electrons. The quantitative estimate of drug-likeness (QED) is 0.764. The Morgan fingerprint density at radius 2 is 1.88 bits per heavy atom. The summed E-state index contributed by atoms with van der Waals surface area (Å²) in [5, 5.41) is 0. The maximum atomic E-state index is 13.5.